The second-order valence-electron chi connectivity index (χ2n) is 4.63. The maximum absolute atomic E-state index is 12.3. The largest absolute Gasteiger partial charge is 0.319 e. The van der Waals surface area contributed by atoms with E-state index in [0.29, 0.717) is 10.6 Å². The number of nitriles is 1. The number of rotatable bonds is 4. The molecule has 0 bridgehead atoms. The number of aromatic nitrogens is 1. The average molecular weight is 300 g/mol. The van der Waals surface area contributed by atoms with Gasteiger partial charge in [-0.2, -0.15) is 5.26 Å². The third-order valence-corrected chi connectivity index (χ3v) is 3.21. The van der Waals surface area contributed by atoms with Gasteiger partial charge in [-0.3, -0.25) is 9.47 Å². The van der Waals surface area contributed by atoms with Gasteiger partial charge in [0, 0.05) is 30.9 Å². The SMILES string of the molecule is CN(C)n1cccc1/C=C(\C#N)C(=O)c1ccc(Cl)cc1. The van der Waals surface area contributed by atoms with Gasteiger partial charge in [0.2, 0.25) is 5.78 Å². The molecule has 2 rings (SSSR count). The number of Topliss-reactive ketones (excluding diaryl/α,β-unsaturated/α-hetero) is 1. The van der Waals surface area contributed by atoms with Crippen molar-refractivity contribution in [3.8, 4) is 6.07 Å². The van der Waals surface area contributed by atoms with Crippen molar-refractivity contribution in [1.29, 1.82) is 5.26 Å². The van der Waals surface area contributed by atoms with E-state index in [1.807, 2.05) is 48.2 Å². The number of hydrogen-bond acceptors (Lipinski definition) is 3. The van der Waals surface area contributed by atoms with Crippen molar-refractivity contribution in [1.82, 2.24) is 4.68 Å². The topological polar surface area (TPSA) is 49.0 Å². The lowest BCUT2D eigenvalue weighted by molar-refractivity contribution is 0.104. The minimum absolute atomic E-state index is 0.0825. The zero-order chi connectivity index (χ0) is 15.4. The first-order valence-corrected chi connectivity index (χ1v) is 6.67. The molecule has 0 N–H and O–H groups in total. The van der Waals surface area contributed by atoms with Gasteiger partial charge in [0.15, 0.2) is 0 Å². The predicted octanol–water partition coefficient (Wildman–Crippen LogP) is 3.13. The summed E-state index contributed by atoms with van der Waals surface area (Å²) in [5.41, 5.74) is 1.29. The number of benzene rings is 1. The van der Waals surface area contributed by atoms with E-state index in [2.05, 4.69) is 0 Å². The maximum atomic E-state index is 12.3. The summed E-state index contributed by atoms with van der Waals surface area (Å²) in [6.07, 6.45) is 3.44. The summed E-state index contributed by atoms with van der Waals surface area (Å²) in [6, 6.07) is 12.1. The van der Waals surface area contributed by atoms with E-state index < -0.39 is 0 Å². The van der Waals surface area contributed by atoms with Crippen LogP contribution in [0.2, 0.25) is 5.02 Å². The molecule has 1 aromatic carbocycles. The molecule has 0 unspecified atom stereocenters. The quantitative estimate of drug-likeness (QED) is 0.495. The van der Waals surface area contributed by atoms with Crippen molar-refractivity contribution < 1.29 is 4.79 Å². The molecule has 0 atom stereocenters. The van der Waals surface area contributed by atoms with Gasteiger partial charge < -0.3 is 5.01 Å². The van der Waals surface area contributed by atoms with Crippen LogP contribution in [0.5, 0.6) is 0 Å². The van der Waals surface area contributed by atoms with Crippen molar-refractivity contribution >= 4 is 23.5 Å². The Morgan fingerprint density at radius 3 is 2.52 bits per heavy atom. The molecule has 0 saturated heterocycles. The first-order valence-electron chi connectivity index (χ1n) is 6.30. The Bertz CT molecular complexity index is 721. The Morgan fingerprint density at radius 2 is 1.95 bits per heavy atom. The third-order valence-electron chi connectivity index (χ3n) is 2.95. The molecule has 0 aliphatic heterocycles. The fourth-order valence-electron chi connectivity index (χ4n) is 1.92. The average Bonchev–Trinajstić information content (AvgIpc) is 2.93. The van der Waals surface area contributed by atoms with Gasteiger partial charge in [-0.1, -0.05) is 11.6 Å². The Hall–Kier alpha value is -2.51. The molecule has 1 heterocycles. The minimum Gasteiger partial charge on any atom is -0.319 e. The van der Waals surface area contributed by atoms with Crippen molar-refractivity contribution in [2.24, 2.45) is 0 Å². The van der Waals surface area contributed by atoms with Gasteiger partial charge in [-0.15, -0.1) is 0 Å². The molecule has 2 aromatic rings. The summed E-state index contributed by atoms with van der Waals surface area (Å²) in [6.45, 7) is 0. The summed E-state index contributed by atoms with van der Waals surface area (Å²) in [5.74, 6) is -0.319. The van der Waals surface area contributed by atoms with Crippen LogP contribution in [0.1, 0.15) is 16.1 Å². The van der Waals surface area contributed by atoms with E-state index in [9.17, 15) is 10.1 Å². The van der Waals surface area contributed by atoms with E-state index in [1.54, 1.807) is 30.3 Å². The van der Waals surface area contributed by atoms with Crippen LogP contribution in [0.4, 0.5) is 0 Å². The highest BCUT2D eigenvalue weighted by atomic mass is 35.5. The van der Waals surface area contributed by atoms with Crippen molar-refractivity contribution in [3.05, 3.63) is 64.4 Å². The summed E-state index contributed by atoms with van der Waals surface area (Å²) < 4.78 is 1.84. The van der Waals surface area contributed by atoms with Gasteiger partial charge in [0.1, 0.15) is 11.6 Å². The maximum Gasteiger partial charge on any atom is 0.203 e. The number of ketones is 1. The second-order valence-corrected chi connectivity index (χ2v) is 5.07. The van der Waals surface area contributed by atoms with E-state index in [4.69, 9.17) is 11.6 Å². The van der Waals surface area contributed by atoms with E-state index in [1.165, 1.54) is 0 Å². The molecule has 0 radical (unpaired) electrons. The van der Waals surface area contributed by atoms with E-state index in [0.717, 1.165) is 5.69 Å². The molecule has 0 spiro atoms. The van der Waals surface area contributed by atoms with E-state index in [-0.39, 0.29) is 11.4 Å². The highest BCUT2D eigenvalue weighted by Gasteiger charge is 2.13. The molecule has 0 amide bonds. The number of hydrogen-bond donors (Lipinski definition) is 0. The predicted molar refractivity (Wildman–Crippen MR) is 83.9 cm³/mol. The Balaban J connectivity index is 2.37. The van der Waals surface area contributed by atoms with Crippen LogP contribution in [0, 0.1) is 11.3 Å². The Labute approximate surface area is 128 Å². The van der Waals surface area contributed by atoms with Crippen LogP contribution in [0.25, 0.3) is 6.08 Å². The number of allylic oxidation sites excluding steroid dienone is 1. The van der Waals surface area contributed by atoms with Crippen molar-refractivity contribution in [2.75, 3.05) is 19.1 Å². The van der Waals surface area contributed by atoms with Gasteiger partial charge in [0.25, 0.3) is 0 Å². The smallest absolute Gasteiger partial charge is 0.203 e. The standard InChI is InChI=1S/C16H14ClN3O/c1-19(2)20-9-3-4-15(20)10-13(11-18)16(21)12-5-7-14(17)8-6-12/h3-10H,1-2H3/b13-10+. The van der Waals surface area contributed by atoms with Crippen LogP contribution < -0.4 is 5.01 Å². The lowest BCUT2D eigenvalue weighted by Gasteiger charge is -2.16. The fraction of sp³-hybridized carbons (Fsp3) is 0.125. The Morgan fingerprint density at radius 1 is 1.29 bits per heavy atom. The Kier molecular flexibility index (Phi) is 4.46. The van der Waals surface area contributed by atoms with Gasteiger partial charge in [0.05, 0.1) is 5.69 Å². The van der Waals surface area contributed by atoms with E-state index >= 15 is 0 Å². The monoisotopic (exact) mass is 299 g/mol. The number of carbonyl (C=O) groups excluding carboxylic acids is 1. The molecule has 1 aromatic heterocycles. The molecule has 0 fully saturated rings. The number of carbonyl (C=O) groups is 1. The summed E-state index contributed by atoms with van der Waals surface area (Å²) in [4.78, 5) is 12.3. The lowest BCUT2D eigenvalue weighted by Crippen LogP contribution is -2.24. The number of nitrogens with zero attached hydrogens (tertiary/aromatic N) is 3. The third kappa shape index (κ3) is 3.33. The first kappa shape index (κ1) is 14.9. The molecular formula is C16H14ClN3O. The van der Waals surface area contributed by atoms with Gasteiger partial charge >= 0.3 is 0 Å². The van der Waals surface area contributed by atoms with Gasteiger partial charge in [-0.05, 0) is 42.5 Å². The normalized spacial score (nSPS) is 11.0. The molecule has 4 nitrogen and oxygen atoms in total. The van der Waals surface area contributed by atoms with Crippen molar-refractivity contribution in [3.63, 3.8) is 0 Å². The van der Waals surface area contributed by atoms with Crippen LogP contribution in [-0.4, -0.2) is 24.6 Å². The van der Waals surface area contributed by atoms with Crippen LogP contribution in [-0.2, 0) is 0 Å². The first-order chi connectivity index (χ1) is 10.0. The molecule has 0 aliphatic carbocycles. The molecule has 5 heteroatoms. The highest BCUT2D eigenvalue weighted by Crippen LogP contribution is 2.15. The molecule has 0 saturated carbocycles. The molecule has 106 valence electrons. The highest BCUT2D eigenvalue weighted by molar-refractivity contribution is 6.30. The second kappa shape index (κ2) is 6.29. The zero-order valence-electron chi connectivity index (χ0n) is 11.7. The van der Waals surface area contributed by atoms with Crippen LogP contribution in [0.3, 0.4) is 0 Å². The van der Waals surface area contributed by atoms with Crippen LogP contribution in [0.15, 0.2) is 48.2 Å². The minimum atomic E-state index is -0.319. The molecular weight excluding hydrogens is 286 g/mol. The molecule has 21 heavy (non-hydrogen) atoms. The summed E-state index contributed by atoms with van der Waals surface area (Å²) >= 11 is 5.80. The lowest BCUT2D eigenvalue weighted by atomic mass is 10.0. The fourth-order valence-corrected chi connectivity index (χ4v) is 2.04. The van der Waals surface area contributed by atoms with Crippen molar-refractivity contribution in [2.45, 2.75) is 0 Å². The summed E-state index contributed by atoms with van der Waals surface area (Å²) in [7, 11) is 3.76. The van der Waals surface area contributed by atoms with Gasteiger partial charge in [-0.25, -0.2) is 0 Å². The van der Waals surface area contributed by atoms with Crippen LogP contribution >= 0.6 is 11.6 Å². The molecule has 0 aliphatic rings. The summed E-state index contributed by atoms with van der Waals surface area (Å²) in [5, 5.41) is 11.7. The number of halogens is 1. The zero-order valence-corrected chi connectivity index (χ0v) is 12.5.